The molecule has 13 heteroatoms. The molecule has 136 valence electrons. The Hall–Kier alpha value is -1.89. The molecule has 1 aromatic carbocycles. The van der Waals surface area contributed by atoms with Crippen LogP contribution in [0.5, 0.6) is 0 Å². The normalized spacial score (nSPS) is 17.6. The van der Waals surface area contributed by atoms with Crippen molar-refractivity contribution in [2.45, 2.75) is 17.8 Å². The van der Waals surface area contributed by atoms with Gasteiger partial charge < -0.3 is 10.6 Å². The topological polar surface area (TPSA) is 58.2 Å². The van der Waals surface area contributed by atoms with Crippen LogP contribution >= 0.6 is 24.0 Å². The van der Waals surface area contributed by atoms with Gasteiger partial charge >= 0.3 is 6.18 Å². The second-order valence-corrected chi connectivity index (χ2v) is 6.52. The number of thioether (sulfide) groups is 1. The van der Waals surface area contributed by atoms with Crippen molar-refractivity contribution in [3.05, 3.63) is 28.8 Å². The van der Waals surface area contributed by atoms with Crippen molar-refractivity contribution in [1.82, 2.24) is 5.32 Å². The molecule has 1 heterocycles. The van der Waals surface area contributed by atoms with Crippen molar-refractivity contribution in [2.24, 2.45) is 0 Å². The standard InChI is InChI=1S/C12H5F7N2O2S2/c13-5-4(12(17,18)19)6(14)8(16)9(7(5)15)20-3(22)1-2-10(23)21-11(24)25-2/h2H,1H2,(H,20,22)(H,21,23,24). The van der Waals surface area contributed by atoms with E-state index in [1.165, 1.54) is 5.32 Å². The summed E-state index contributed by atoms with van der Waals surface area (Å²) >= 11 is 5.41. The minimum atomic E-state index is -5.69. The summed E-state index contributed by atoms with van der Waals surface area (Å²) < 4.78 is 91.6. The molecular weight excluding hydrogens is 401 g/mol. The number of alkyl halides is 3. The number of hydrogen-bond acceptors (Lipinski definition) is 4. The Morgan fingerprint density at radius 1 is 1.12 bits per heavy atom. The molecule has 0 radical (unpaired) electrons. The van der Waals surface area contributed by atoms with Crippen LogP contribution in [0.1, 0.15) is 12.0 Å². The molecule has 1 aliphatic heterocycles. The zero-order valence-electron chi connectivity index (χ0n) is 11.6. The Kier molecular flexibility index (Phi) is 5.27. The van der Waals surface area contributed by atoms with Gasteiger partial charge in [0.2, 0.25) is 11.8 Å². The van der Waals surface area contributed by atoms with Gasteiger partial charge in [0.05, 0.1) is 5.25 Å². The lowest BCUT2D eigenvalue weighted by molar-refractivity contribution is -0.143. The monoisotopic (exact) mass is 406 g/mol. The molecule has 0 bridgehead atoms. The quantitative estimate of drug-likeness (QED) is 0.460. The van der Waals surface area contributed by atoms with Crippen LogP contribution in [0.15, 0.2) is 0 Å². The Labute approximate surface area is 144 Å². The van der Waals surface area contributed by atoms with E-state index in [4.69, 9.17) is 0 Å². The Morgan fingerprint density at radius 3 is 2.04 bits per heavy atom. The predicted molar refractivity (Wildman–Crippen MR) is 76.6 cm³/mol. The van der Waals surface area contributed by atoms with E-state index in [2.05, 4.69) is 17.5 Å². The fraction of sp³-hybridized carbons (Fsp3) is 0.250. The second kappa shape index (κ2) is 6.78. The molecule has 1 atom stereocenters. The van der Waals surface area contributed by atoms with Crippen molar-refractivity contribution < 1.29 is 40.3 Å². The van der Waals surface area contributed by atoms with Gasteiger partial charge in [-0.2, -0.15) is 13.2 Å². The lowest BCUT2D eigenvalue weighted by Crippen LogP contribution is -2.28. The summed E-state index contributed by atoms with van der Waals surface area (Å²) in [5.41, 5.74) is -4.48. The summed E-state index contributed by atoms with van der Waals surface area (Å²) in [6, 6.07) is 0. The number of anilines is 1. The third-order valence-corrected chi connectivity index (χ3v) is 4.32. The molecule has 2 N–H and O–H groups in total. The number of amides is 2. The summed E-state index contributed by atoms with van der Waals surface area (Å²) in [5.74, 6) is -12.2. The van der Waals surface area contributed by atoms with E-state index < -0.39 is 64.2 Å². The van der Waals surface area contributed by atoms with Crippen LogP contribution < -0.4 is 10.6 Å². The molecule has 1 fully saturated rings. The summed E-state index contributed by atoms with van der Waals surface area (Å²) in [6.45, 7) is 0. The number of carbonyl (C=O) groups excluding carboxylic acids is 2. The summed E-state index contributed by atoms with van der Waals surface area (Å²) in [7, 11) is 0. The van der Waals surface area contributed by atoms with Crippen molar-refractivity contribution >= 4 is 45.8 Å². The number of benzene rings is 1. The van der Waals surface area contributed by atoms with Gasteiger partial charge in [-0.3, -0.25) is 9.59 Å². The van der Waals surface area contributed by atoms with Crippen LogP contribution in [0.4, 0.5) is 36.4 Å². The van der Waals surface area contributed by atoms with E-state index in [0.717, 1.165) is 11.8 Å². The summed E-state index contributed by atoms with van der Waals surface area (Å²) in [5, 5.41) is 2.56. The van der Waals surface area contributed by atoms with Crippen LogP contribution in [0.25, 0.3) is 0 Å². The van der Waals surface area contributed by atoms with E-state index in [1.54, 1.807) is 0 Å². The zero-order valence-corrected chi connectivity index (χ0v) is 13.2. The summed E-state index contributed by atoms with van der Waals surface area (Å²) in [6.07, 6.45) is -6.37. The Balaban J connectivity index is 2.30. The largest absolute Gasteiger partial charge is 0.422 e. The van der Waals surface area contributed by atoms with E-state index in [1.807, 2.05) is 0 Å². The molecule has 2 amide bonds. The molecule has 1 aliphatic rings. The average Bonchev–Trinajstić information content (AvgIpc) is 2.78. The van der Waals surface area contributed by atoms with Gasteiger partial charge in [0.15, 0.2) is 23.3 Å². The summed E-state index contributed by atoms with van der Waals surface area (Å²) in [4.78, 5) is 23.1. The smallest absolute Gasteiger partial charge is 0.321 e. The molecule has 25 heavy (non-hydrogen) atoms. The SMILES string of the molecule is O=C(CC1SC(=S)NC1=O)Nc1c(F)c(F)c(C(F)(F)F)c(F)c1F. The number of thiocarbonyl (C=S) groups is 1. The van der Waals surface area contributed by atoms with E-state index in [0.29, 0.717) is 0 Å². The highest BCUT2D eigenvalue weighted by molar-refractivity contribution is 8.24. The first kappa shape index (κ1) is 19.4. The van der Waals surface area contributed by atoms with E-state index in [9.17, 15) is 40.3 Å². The third-order valence-electron chi connectivity index (χ3n) is 2.95. The van der Waals surface area contributed by atoms with Crippen LogP contribution in [0, 0.1) is 23.3 Å². The first-order valence-electron chi connectivity index (χ1n) is 6.18. The van der Waals surface area contributed by atoms with Gasteiger partial charge in [0, 0.05) is 6.42 Å². The fourth-order valence-electron chi connectivity index (χ4n) is 1.88. The first-order chi connectivity index (χ1) is 11.4. The molecular formula is C12H5F7N2O2S2. The van der Waals surface area contributed by atoms with Crippen molar-refractivity contribution in [1.29, 1.82) is 0 Å². The number of carbonyl (C=O) groups is 2. The van der Waals surface area contributed by atoms with Gasteiger partial charge in [-0.1, -0.05) is 24.0 Å². The van der Waals surface area contributed by atoms with Crippen molar-refractivity contribution in [2.75, 3.05) is 5.32 Å². The van der Waals surface area contributed by atoms with Crippen molar-refractivity contribution in [3.8, 4) is 0 Å². The van der Waals surface area contributed by atoms with Gasteiger partial charge in [-0.15, -0.1) is 0 Å². The fourth-order valence-corrected chi connectivity index (χ4v) is 3.14. The van der Waals surface area contributed by atoms with Gasteiger partial charge in [-0.05, 0) is 0 Å². The Bertz CT molecular complexity index is 753. The molecule has 4 nitrogen and oxygen atoms in total. The van der Waals surface area contributed by atoms with E-state index >= 15 is 0 Å². The lowest BCUT2D eigenvalue weighted by atomic mass is 10.1. The van der Waals surface area contributed by atoms with Gasteiger partial charge in [0.25, 0.3) is 0 Å². The molecule has 0 aromatic heterocycles. The number of rotatable bonds is 3. The van der Waals surface area contributed by atoms with Crippen molar-refractivity contribution in [3.63, 3.8) is 0 Å². The minimum Gasteiger partial charge on any atom is -0.321 e. The van der Waals surface area contributed by atoms with E-state index in [-0.39, 0.29) is 4.32 Å². The van der Waals surface area contributed by atoms with Crippen LogP contribution in [-0.4, -0.2) is 21.4 Å². The van der Waals surface area contributed by atoms with Crippen LogP contribution in [-0.2, 0) is 15.8 Å². The zero-order chi connectivity index (χ0) is 19.1. The molecule has 0 saturated carbocycles. The minimum absolute atomic E-state index is 0.0479. The first-order valence-corrected chi connectivity index (χ1v) is 7.46. The number of halogens is 7. The van der Waals surface area contributed by atoms with Gasteiger partial charge in [-0.25, -0.2) is 17.6 Å². The number of nitrogens with one attached hydrogen (secondary N) is 2. The maximum Gasteiger partial charge on any atom is 0.422 e. The van der Waals surface area contributed by atoms with Crippen LogP contribution in [0.2, 0.25) is 0 Å². The molecule has 0 aliphatic carbocycles. The Morgan fingerprint density at radius 2 is 1.64 bits per heavy atom. The average molecular weight is 406 g/mol. The lowest BCUT2D eigenvalue weighted by Gasteiger charge is -2.15. The molecule has 1 aromatic rings. The predicted octanol–water partition coefficient (Wildman–Crippen LogP) is 3.11. The molecule has 0 spiro atoms. The second-order valence-electron chi connectivity index (χ2n) is 4.64. The molecule has 1 unspecified atom stereocenters. The molecule has 1 saturated heterocycles. The molecule has 2 rings (SSSR count). The highest BCUT2D eigenvalue weighted by atomic mass is 32.2. The third kappa shape index (κ3) is 3.86. The maximum atomic E-state index is 13.6. The van der Waals surface area contributed by atoms with Crippen LogP contribution in [0.3, 0.4) is 0 Å². The highest BCUT2D eigenvalue weighted by Crippen LogP contribution is 2.38. The number of hydrogen-bond donors (Lipinski definition) is 2. The highest BCUT2D eigenvalue weighted by Gasteiger charge is 2.42. The maximum absolute atomic E-state index is 13.6. The van der Waals surface area contributed by atoms with Gasteiger partial charge in [0.1, 0.15) is 15.6 Å².